The van der Waals surface area contributed by atoms with Crippen LogP contribution in [0, 0.1) is 10.1 Å². The summed E-state index contributed by atoms with van der Waals surface area (Å²) < 4.78 is 0. The number of rotatable bonds is 5. The fraction of sp³-hybridized carbons (Fsp3) is 0.364. The fourth-order valence-electron chi connectivity index (χ4n) is 1.55. The van der Waals surface area contributed by atoms with Crippen LogP contribution in [0.5, 0.6) is 0 Å². The number of aliphatic carboxylic acids is 1. The minimum atomic E-state index is -0.893. The van der Waals surface area contributed by atoms with Crippen LogP contribution in [0.15, 0.2) is 24.3 Å². The first-order valence-electron chi connectivity index (χ1n) is 5.03. The fourth-order valence-corrected chi connectivity index (χ4v) is 1.55. The number of benzene rings is 1. The number of carboxylic acid groups (broad SMARTS) is 1. The molecule has 0 heterocycles. The predicted octanol–water partition coefficient (Wildman–Crippen LogP) is 2.56. The van der Waals surface area contributed by atoms with Crippen molar-refractivity contribution in [2.75, 3.05) is 0 Å². The maximum absolute atomic E-state index is 11.0. The molecule has 1 aromatic carbocycles. The molecule has 0 fully saturated rings. The number of nitro benzene ring substituents is 1. The Morgan fingerprint density at radius 1 is 1.44 bits per heavy atom. The molecular weight excluding hydrogens is 210 g/mol. The molecule has 0 radical (unpaired) electrons. The van der Waals surface area contributed by atoms with Crippen molar-refractivity contribution in [1.29, 1.82) is 0 Å². The molecule has 86 valence electrons. The summed E-state index contributed by atoms with van der Waals surface area (Å²) in [5.41, 5.74) is 0.587. The Kier molecular flexibility index (Phi) is 3.99. The molecule has 0 amide bonds. The highest BCUT2D eigenvalue weighted by Crippen LogP contribution is 2.23. The lowest BCUT2D eigenvalue weighted by molar-refractivity contribution is -0.384. The largest absolute Gasteiger partial charge is 0.481 e. The van der Waals surface area contributed by atoms with Crippen molar-refractivity contribution in [2.24, 2.45) is 0 Å². The Balaban J connectivity index is 2.94. The van der Waals surface area contributed by atoms with Crippen LogP contribution < -0.4 is 0 Å². The topological polar surface area (TPSA) is 80.4 Å². The molecule has 1 aromatic rings. The molecule has 0 aliphatic rings. The van der Waals surface area contributed by atoms with E-state index in [9.17, 15) is 14.9 Å². The first kappa shape index (κ1) is 12.2. The van der Waals surface area contributed by atoms with Crippen molar-refractivity contribution >= 4 is 11.7 Å². The molecular formula is C11H13NO4. The van der Waals surface area contributed by atoms with E-state index in [1.165, 1.54) is 24.3 Å². The Bertz CT molecular complexity index is 385. The van der Waals surface area contributed by atoms with Crippen LogP contribution in [0.3, 0.4) is 0 Å². The highest BCUT2D eigenvalue weighted by atomic mass is 16.6. The Hall–Kier alpha value is -1.91. The van der Waals surface area contributed by atoms with Gasteiger partial charge in [0.05, 0.1) is 10.8 Å². The Morgan fingerprint density at radius 3 is 2.38 bits per heavy atom. The summed E-state index contributed by atoms with van der Waals surface area (Å²) in [5.74, 6) is -1.47. The molecule has 0 saturated heterocycles. The summed E-state index contributed by atoms with van der Waals surface area (Å²) in [6.45, 7) is 1.90. The third-order valence-electron chi connectivity index (χ3n) is 2.38. The second-order valence-electron chi connectivity index (χ2n) is 3.53. The van der Waals surface area contributed by atoms with Crippen LogP contribution in [0.25, 0.3) is 0 Å². The lowest BCUT2D eigenvalue weighted by atomic mass is 9.94. The first-order chi connectivity index (χ1) is 7.56. The van der Waals surface area contributed by atoms with Crippen molar-refractivity contribution < 1.29 is 14.8 Å². The number of carboxylic acids is 1. The lowest BCUT2D eigenvalue weighted by Gasteiger charge is -2.10. The van der Waals surface area contributed by atoms with Gasteiger partial charge in [0.15, 0.2) is 0 Å². The van der Waals surface area contributed by atoms with Gasteiger partial charge in [-0.25, -0.2) is 0 Å². The van der Waals surface area contributed by atoms with Crippen LogP contribution in [-0.4, -0.2) is 16.0 Å². The molecule has 0 aliphatic carbocycles. The van der Waals surface area contributed by atoms with Crippen molar-refractivity contribution in [3.63, 3.8) is 0 Å². The minimum Gasteiger partial charge on any atom is -0.481 e. The van der Waals surface area contributed by atoms with Gasteiger partial charge >= 0.3 is 5.97 Å². The van der Waals surface area contributed by atoms with Crippen LogP contribution >= 0.6 is 0 Å². The van der Waals surface area contributed by atoms with E-state index in [1.807, 2.05) is 6.92 Å². The summed E-state index contributed by atoms with van der Waals surface area (Å²) in [6, 6.07) is 5.68. The zero-order valence-corrected chi connectivity index (χ0v) is 8.92. The van der Waals surface area contributed by atoms with Gasteiger partial charge in [-0.05, 0) is 12.0 Å². The number of hydrogen-bond donors (Lipinski definition) is 1. The van der Waals surface area contributed by atoms with E-state index >= 15 is 0 Å². The van der Waals surface area contributed by atoms with E-state index in [-0.39, 0.29) is 5.69 Å². The number of non-ortho nitro benzene ring substituents is 1. The average Bonchev–Trinajstić information content (AvgIpc) is 2.25. The van der Waals surface area contributed by atoms with Crippen molar-refractivity contribution in [3.05, 3.63) is 39.9 Å². The molecule has 0 unspecified atom stereocenters. The van der Waals surface area contributed by atoms with Crippen molar-refractivity contribution in [1.82, 2.24) is 0 Å². The standard InChI is InChI=1S/C11H13NO4/c1-2-3-10(11(13)14)8-4-6-9(7-5-8)12(15)16/h4-7,10H,2-3H2,1H3,(H,13,14)/t10-/m1/s1. The number of nitro groups is 1. The summed E-state index contributed by atoms with van der Waals surface area (Å²) in [6.07, 6.45) is 1.29. The third kappa shape index (κ3) is 2.79. The minimum absolute atomic E-state index is 0.0237. The second-order valence-corrected chi connectivity index (χ2v) is 3.53. The van der Waals surface area contributed by atoms with E-state index in [1.54, 1.807) is 0 Å². The SMILES string of the molecule is CCC[C@@H](C(=O)O)c1ccc([N+](=O)[O-])cc1. The van der Waals surface area contributed by atoms with E-state index in [2.05, 4.69) is 0 Å². The van der Waals surface area contributed by atoms with E-state index < -0.39 is 16.8 Å². The highest BCUT2D eigenvalue weighted by Gasteiger charge is 2.19. The number of carbonyl (C=O) groups is 1. The average molecular weight is 223 g/mol. The van der Waals surface area contributed by atoms with Gasteiger partial charge in [0.25, 0.3) is 5.69 Å². The van der Waals surface area contributed by atoms with Crippen LogP contribution in [0.1, 0.15) is 31.2 Å². The third-order valence-corrected chi connectivity index (χ3v) is 2.38. The van der Waals surface area contributed by atoms with Gasteiger partial charge in [0.2, 0.25) is 0 Å². The molecule has 0 aromatic heterocycles. The van der Waals surface area contributed by atoms with Crippen LogP contribution in [0.4, 0.5) is 5.69 Å². The molecule has 16 heavy (non-hydrogen) atoms. The normalized spacial score (nSPS) is 12.1. The zero-order chi connectivity index (χ0) is 12.1. The van der Waals surface area contributed by atoms with E-state index in [4.69, 9.17) is 5.11 Å². The van der Waals surface area contributed by atoms with E-state index in [0.29, 0.717) is 12.0 Å². The quantitative estimate of drug-likeness (QED) is 0.614. The van der Waals surface area contributed by atoms with Gasteiger partial charge in [0.1, 0.15) is 0 Å². The van der Waals surface area contributed by atoms with Gasteiger partial charge in [0, 0.05) is 12.1 Å². The van der Waals surface area contributed by atoms with Crippen molar-refractivity contribution in [3.8, 4) is 0 Å². The zero-order valence-electron chi connectivity index (χ0n) is 8.92. The van der Waals surface area contributed by atoms with E-state index in [0.717, 1.165) is 6.42 Å². The van der Waals surface area contributed by atoms with Crippen molar-refractivity contribution in [2.45, 2.75) is 25.7 Å². The van der Waals surface area contributed by atoms with Gasteiger partial charge in [-0.3, -0.25) is 14.9 Å². The molecule has 5 nitrogen and oxygen atoms in total. The summed E-state index contributed by atoms with van der Waals surface area (Å²) in [5, 5.41) is 19.4. The molecule has 1 atom stereocenters. The summed E-state index contributed by atoms with van der Waals surface area (Å²) in [7, 11) is 0. The highest BCUT2D eigenvalue weighted by molar-refractivity contribution is 5.76. The second kappa shape index (κ2) is 5.25. The van der Waals surface area contributed by atoms with Gasteiger partial charge in [-0.2, -0.15) is 0 Å². The number of hydrogen-bond acceptors (Lipinski definition) is 3. The summed E-state index contributed by atoms with van der Waals surface area (Å²) in [4.78, 5) is 20.9. The van der Waals surface area contributed by atoms with Crippen LogP contribution in [0.2, 0.25) is 0 Å². The lowest BCUT2D eigenvalue weighted by Crippen LogP contribution is -2.11. The Morgan fingerprint density at radius 2 is 2.00 bits per heavy atom. The van der Waals surface area contributed by atoms with Gasteiger partial charge in [-0.1, -0.05) is 25.5 Å². The van der Waals surface area contributed by atoms with Gasteiger partial charge in [-0.15, -0.1) is 0 Å². The predicted molar refractivity (Wildman–Crippen MR) is 58.4 cm³/mol. The Labute approximate surface area is 92.9 Å². The molecule has 5 heteroatoms. The maximum Gasteiger partial charge on any atom is 0.310 e. The summed E-state index contributed by atoms with van der Waals surface area (Å²) >= 11 is 0. The smallest absolute Gasteiger partial charge is 0.310 e. The molecule has 0 aliphatic heterocycles. The molecule has 0 spiro atoms. The van der Waals surface area contributed by atoms with Crippen LogP contribution in [-0.2, 0) is 4.79 Å². The molecule has 0 saturated carbocycles. The maximum atomic E-state index is 11.0. The monoisotopic (exact) mass is 223 g/mol. The number of nitrogens with zero attached hydrogens (tertiary/aromatic N) is 1. The van der Waals surface area contributed by atoms with Gasteiger partial charge < -0.3 is 5.11 Å². The molecule has 1 rings (SSSR count). The first-order valence-corrected chi connectivity index (χ1v) is 5.03. The molecule has 0 bridgehead atoms. The molecule has 1 N–H and O–H groups in total.